The zero-order valence-corrected chi connectivity index (χ0v) is 10.6. The van der Waals surface area contributed by atoms with Crippen molar-refractivity contribution in [2.45, 2.75) is 25.9 Å². The molecule has 1 aliphatic heterocycles. The third kappa shape index (κ3) is 5.25. The van der Waals surface area contributed by atoms with Crippen molar-refractivity contribution in [3.8, 4) is 0 Å². The third-order valence-electron chi connectivity index (χ3n) is 3.10. The minimum atomic E-state index is 0.138. The van der Waals surface area contributed by atoms with Crippen LogP contribution in [0.15, 0.2) is 0 Å². The second-order valence-corrected chi connectivity index (χ2v) is 4.76. The van der Waals surface area contributed by atoms with Crippen LogP contribution < -0.4 is 5.32 Å². The number of piperidine rings is 1. The van der Waals surface area contributed by atoms with E-state index in [-0.39, 0.29) is 6.61 Å². The second-order valence-electron chi connectivity index (χ2n) is 4.76. The summed E-state index contributed by atoms with van der Waals surface area (Å²) in [5, 5.41) is 11.9. The first-order valence-electron chi connectivity index (χ1n) is 6.35. The minimum Gasteiger partial charge on any atom is -0.394 e. The van der Waals surface area contributed by atoms with Crippen molar-refractivity contribution in [3.05, 3.63) is 0 Å². The molecule has 4 nitrogen and oxygen atoms in total. The SMILES string of the molecule is CNCC(C)CN1CCC(OCCO)CC1. The van der Waals surface area contributed by atoms with E-state index in [4.69, 9.17) is 9.84 Å². The Balaban J connectivity index is 2.11. The molecule has 1 rings (SSSR count). The smallest absolute Gasteiger partial charge is 0.0701 e. The van der Waals surface area contributed by atoms with Crippen LogP contribution in [0.5, 0.6) is 0 Å². The van der Waals surface area contributed by atoms with E-state index in [0.717, 1.165) is 32.5 Å². The lowest BCUT2D eigenvalue weighted by atomic mass is 10.1. The highest BCUT2D eigenvalue weighted by Crippen LogP contribution is 2.14. The number of hydrogen-bond donors (Lipinski definition) is 2. The summed E-state index contributed by atoms with van der Waals surface area (Å²) in [6, 6.07) is 0. The van der Waals surface area contributed by atoms with Gasteiger partial charge in [-0.3, -0.25) is 0 Å². The first-order valence-corrected chi connectivity index (χ1v) is 6.35. The molecule has 16 heavy (non-hydrogen) atoms. The summed E-state index contributed by atoms with van der Waals surface area (Å²) >= 11 is 0. The highest BCUT2D eigenvalue weighted by Gasteiger charge is 2.20. The van der Waals surface area contributed by atoms with Crippen molar-refractivity contribution >= 4 is 0 Å². The van der Waals surface area contributed by atoms with Gasteiger partial charge in [0, 0.05) is 19.6 Å². The monoisotopic (exact) mass is 230 g/mol. The van der Waals surface area contributed by atoms with E-state index < -0.39 is 0 Å². The molecule has 1 saturated heterocycles. The number of hydrogen-bond acceptors (Lipinski definition) is 4. The van der Waals surface area contributed by atoms with Gasteiger partial charge in [0.2, 0.25) is 0 Å². The van der Waals surface area contributed by atoms with Crippen LogP contribution in [0.4, 0.5) is 0 Å². The molecule has 0 aromatic heterocycles. The summed E-state index contributed by atoms with van der Waals surface area (Å²) < 4.78 is 5.54. The van der Waals surface area contributed by atoms with Crippen molar-refractivity contribution in [1.29, 1.82) is 0 Å². The molecule has 1 unspecified atom stereocenters. The number of rotatable bonds is 7. The molecular weight excluding hydrogens is 204 g/mol. The third-order valence-corrected chi connectivity index (χ3v) is 3.10. The maximum Gasteiger partial charge on any atom is 0.0701 e. The highest BCUT2D eigenvalue weighted by atomic mass is 16.5. The zero-order valence-electron chi connectivity index (χ0n) is 10.6. The zero-order chi connectivity index (χ0) is 11.8. The van der Waals surface area contributed by atoms with Gasteiger partial charge < -0.3 is 20.1 Å². The molecule has 0 spiro atoms. The Hall–Kier alpha value is -0.160. The van der Waals surface area contributed by atoms with Gasteiger partial charge in [-0.1, -0.05) is 6.92 Å². The van der Waals surface area contributed by atoms with Gasteiger partial charge in [-0.2, -0.15) is 0 Å². The largest absolute Gasteiger partial charge is 0.394 e. The van der Waals surface area contributed by atoms with Gasteiger partial charge in [0.15, 0.2) is 0 Å². The summed E-state index contributed by atoms with van der Waals surface area (Å²) in [5.41, 5.74) is 0. The maximum absolute atomic E-state index is 8.68. The number of ether oxygens (including phenoxy) is 1. The topological polar surface area (TPSA) is 44.7 Å². The Bertz CT molecular complexity index is 170. The maximum atomic E-state index is 8.68. The summed E-state index contributed by atoms with van der Waals surface area (Å²) in [6.07, 6.45) is 2.57. The van der Waals surface area contributed by atoms with Crippen LogP contribution in [-0.2, 0) is 4.74 Å². The van der Waals surface area contributed by atoms with Crippen molar-refractivity contribution in [3.63, 3.8) is 0 Å². The van der Waals surface area contributed by atoms with E-state index >= 15 is 0 Å². The van der Waals surface area contributed by atoms with E-state index in [0.29, 0.717) is 18.6 Å². The Morgan fingerprint density at radius 1 is 1.44 bits per heavy atom. The molecule has 96 valence electrons. The molecule has 1 fully saturated rings. The molecule has 1 atom stereocenters. The van der Waals surface area contributed by atoms with Crippen LogP contribution in [-0.4, -0.2) is 62.6 Å². The second kappa shape index (κ2) is 8.01. The van der Waals surface area contributed by atoms with Crippen molar-refractivity contribution in [2.24, 2.45) is 5.92 Å². The van der Waals surface area contributed by atoms with E-state index in [1.54, 1.807) is 0 Å². The Morgan fingerprint density at radius 2 is 2.12 bits per heavy atom. The van der Waals surface area contributed by atoms with Crippen molar-refractivity contribution in [1.82, 2.24) is 10.2 Å². The molecule has 4 heteroatoms. The average molecular weight is 230 g/mol. The Kier molecular flexibility index (Phi) is 6.96. The lowest BCUT2D eigenvalue weighted by Gasteiger charge is -2.33. The normalized spacial score (nSPS) is 21.2. The van der Waals surface area contributed by atoms with Crippen LogP contribution in [0.1, 0.15) is 19.8 Å². The fraction of sp³-hybridized carbons (Fsp3) is 1.00. The summed E-state index contributed by atoms with van der Waals surface area (Å²) in [7, 11) is 2.01. The van der Waals surface area contributed by atoms with Crippen LogP contribution >= 0.6 is 0 Å². The number of aliphatic hydroxyl groups is 1. The number of nitrogens with zero attached hydrogens (tertiary/aromatic N) is 1. The van der Waals surface area contributed by atoms with Crippen molar-refractivity contribution < 1.29 is 9.84 Å². The fourth-order valence-corrected chi connectivity index (χ4v) is 2.33. The quantitative estimate of drug-likeness (QED) is 0.661. The van der Waals surface area contributed by atoms with Gasteiger partial charge in [-0.25, -0.2) is 0 Å². The number of aliphatic hydroxyl groups excluding tert-OH is 1. The minimum absolute atomic E-state index is 0.138. The molecule has 0 aromatic carbocycles. The van der Waals surface area contributed by atoms with Gasteiger partial charge in [0.25, 0.3) is 0 Å². The number of nitrogens with one attached hydrogen (secondary N) is 1. The molecule has 1 heterocycles. The van der Waals surface area contributed by atoms with Gasteiger partial charge in [0.1, 0.15) is 0 Å². The summed E-state index contributed by atoms with van der Waals surface area (Å²) in [4.78, 5) is 2.51. The summed E-state index contributed by atoms with van der Waals surface area (Å²) in [5.74, 6) is 0.708. The molecule has 1 aliphatic rings. The van der Waals surface area contributed by atoms with Gasteiger partial charge in [0.05, 0.1) is 19.3 Å². The van der Waals surface area contributed by atoms with Gasteiger partial charge >= 0.3 is 0 Å². The fourth-order valence-electron chi connectivity index (χ4n) is 2.33. The highest BCUT2D eigenvalue weighted by molar-refractivity contribution is 4.74. The lowest BCUT2D eigenvalue weighted by molar-refractivity contribution is -0.00953. The molecule has 0 amide bonds. The van der Waals surface area contributed by atoms with E-state index in [9.17, 15) is 0 Å². The molecule has 0 aliphatic carbocycles. The van der Waals surface area contributed by atoms with Crippen LogP contribution in [0.3, 0.4) is 0 Å². The molecular formula is C12H26N2O2. The molecule has 0 saturated carbocycles. The van der Waals surface area contributed by atoms with E-state index in [1.807, 2.05) is 7.05 Å². The van der Waals surface area contributed by atoms with E-state index in [1.165, 1.54) is 6.54 Å². The predicted molar refractivity (Wildman–Crippen MR) is 65.6 cm³/mol. The lowest BCUT2D eigenvalue weighted by Crippen LogP contribution is -2.40. The van der Waals surface area contributed by atoms with Crippen LogP contribution in [0.25, 0.3) is 0 Å². The molecule has 2 N–H and O–H groups in total. The number of likely N-dealkylation sites (tertiary alicyclic amines) is 1. The Labute approximate surface area is 99.0 Å². The van der Waals surface area contributed by atoms with Crippen LogP contribution in [0, 0.1) is 5.92 Å². The first kappa shape index (κ1) is 13.9. The average Bonchev–Trinajstić information content (AvgIpc) is 2.28. The van der Waals surface area contributed by atoms with Gasteiger partial charge in [-0.05, 0) is 32.4 Å². The van der Waals surface area contributed by atoms with Crippen LogP contribution in [0.2, 0.25) is 0 Å². The standard InChI is InChI=1S/C12H26N2O2/c1-11(9-13-2)10-14-5-3-12(4-6-14)16-8-7-15/h11-13,15H,3-10H2,1-2H3. The predicted octanol–water partition coefficient (Wildman–Crippen LogP) is 0.315. The van der Waals surface area contributed by atoms with Gasteiger partial charge in [-0.15, -0.1) is 0 Å². The first-order chi connectivity index (χ1) is 7.76. The molecule has 0 bridgehead atoms. The summed E-state index contributed by atoms with van der Waals surface area (Å²) in [6.45, 7) is 7.42. The Morgan fingerprint density at radius 3 is 2.69 bits per heavy atom. The van der Waals surface area contributed by atoms with Crippen molar-refractivity contribution in [2.75, 3.05) is 46.4 Å². The molecule has 0 radical (unpaired) electrons. The molecule has 0 aromatic rings. The van der Waals surface area contributed by atoms with E-state index in [2.05, 4.69) is 17.1 Å².